The summed E-state index contributed by atoms with van der Waals surface area (Å²) in [5, 5.41) is 43.7. The van der Waals surface area contributed by atoms with Gasteiger partial charge in [-0.3, -0.25) is 9.59 Å². The molecule has 1 aromatic heterocycles. The third-order valence-corrected chi connectivity index (χ3v) is 15.2. The molecule has 1 aromatic carbocycles. The van der Waals surface area contributed by atoms with E-state index in [2.05, 4.69) is 64.6 Å². The normalized spacial score (nSPS) is 29.0. The van der Waals surface area contributed by atoms with Crippen LogP contribution in [0.15, 0.2) is 76.7 Å². The van der Waals surface area contributed by atoms with E-state index in [0.717, 1.165) is 74.2 Å². The summed E-state index contributed by atoms with van der Waals surface area (Å²) in [6.45, 7) is 33.6. The molecule has 0 amide bonds. The second-order valence-corrected chi connectivity index (χ2v) is 21.9. The number of benzene rings is 1. The Bertz CT molecular complexity index is 1960. The lowest BCUT2D eigenvalue weighted by atomic mass is 9.40. The van der Waals surface area contributed by atoms with E-state index in [9.17, 15) is 19.5 Å². The molecule has 5 aliphatic rings. The van der Waals surface area contributed by atoms with Crippen LogP contribution >= 0.6 is 11.6 Å². The Morgan fingerprint density at radius 3 is 1.92 bits per heavy atom. The van der Waals surface area contributed by atoms with Gasteiger partial charge in [0.2, 0.25) is 11.8 Å². The van der Waals surface area contributed by atoms with E-state index in [1.54, 1.807) is 6.08 Å². The number of hydrogen-bond donors (Lipinski definition) is 4. The lowest BCUT2D eigenvalue weighted by Gasteiger charge is -2.64. The van der Waals surface area contributed by atoms with Gasteiger partial charge in [-0.2, -0.15) is 0 Å². The molecule has 0 bridgehead atoms. The number of hydrogen-bond acceptors (Lipinski definition) is 9. The summed E-state index contributed by atoms with van der Waals surface area (Å²) >= 11 is 5.15. The van der Waals surface area contributed by atoms with E-state index >= 15 is 0 Å². The van der Waals surface area contributed by atoms with Crippen LogP contribution in [0.25, 0.3) is 11.5 Å². The van der Waals surface area contributed by atoms with Gasteiger partial charge in [-0.1, -0.05) is 129 Å². The molecule has 2 aromatic rings. The first-order valence-corrected chi connectivity index (χ1v) is 23.7. The Hall–Kier alpha value is -3.70. The van der Waals surface area contributed by atoms with Crippen molar-refractivity contribution in [2.45, 2.75) is 146 Å². The number of aliphatic hydroxyl groups is 3. The first kappa shape index (κ1) is 57.4. The molecule has 7 rings (SSSR count). The van der Waals surface area contributed by atoms with Gasteiger partial charge in [-0.15, -0.1) is 16.8 Å². The number of aromatic nitrogens is 2. The highest BCUT2D eigenvalue weighted by Gasteiger charge is 2.66. The van der Waals surface area contributed by atoms with Crippen LogP contribution in [0.2, 0.25) is 0 Å². The number of carbonyl (C=O) groups excluding carboxylic acids is 2. The number of Topliss-reactive ketones (excluding diaryl/α,β-unsaturated/α-hetero) is 1. The summed E-state index contributed by atoms with van der Waals surface area (Å²) in [6, 6.07) is 8.00. The number of carboxylic acid groups (broad SMARTS) is 1. The summed E-state index contributed by atoms with van der Waals surface area (Å²) in [7, 11) is 2.00. The lowest BCUT2D eigenvalue weighted by Crippen LogP contribution is -2.57. The Morgan fingerprint density at radius 1 is 0.923 bits per heavy atom. The number of allylic oxidation sites excluding steroid dienone is 4. The molecule has 4 saturated carbocycles. The third-order valence-electron chi connectivity index (χ3n) is 15.0. The standard InChI is InChI=1S/C36H48N2O3.C7H12O2.C5H10O.C4H5Cl.2CH4O/c1-20(2)29-27(39)19-36(31(40)33-38-37-32(41-33)23-9-7-21(3)8-10-23)18-15-26-24(30(29)36)11-12-28-34(5)16-13-22(4)25(34)14-17-35(26,28)6;1-4-7(2,3)5-6(8)9;1-5(2,3)4-6;1-3-4(2)5;2*1-2/h7-10,20,22,24-26,28,31,40H,11-19H2,1-6H3;4H,1,5H2,2-3H3,(H,8,9);4H,1-3H3;3H,1-2H2;2*2H,1H3. The van der Waals surface area contributed by atoms with Gasteiger partial charge in [0.05, 0.1) is 6.42 Å². The van der Waals surface area contributed by atoms with Gasteiger partial charge in [-0.25, -0.2) is 0 Å². The molecule has 10 nitrogen and oxygen atoms in total. The maximum atomic E-state index is 13.8. The molecule has 4 N–H and O–H groups in total. The van der Waals surface area contributed by atoms with Crippen molar-refractivity contribution in [3.05, 3.63) is 83.8 Å². The number of rotatable bonds is 8. The van der Waals surface area contributed by atoms with E-state index in [0.29, 0.717) is 40.0 Å². The quantitative estimate of drug-likeness (QED) is 0.113. The van der Waals surface area contributed by atoms with Crippen molar-refractivity contribution in [1.29, 1.82) is 0 Å². The smallest absolute Gasteiger partial charge is 0.304 e. The molecule has 9 unspecified atom stereocenters. The summed E-state index contributed by atoms with van der Waals surface area (Å²) in [5.74, 6) is 3.64. The third kappa shape index (κ3) is 13.3. The number of aliphatic carboxylic acids is 1. The Morgan fingerprint density at radius 2 is 1.45 bits per heavy atom. The van der Waals surface area contributed by atoms with Gasteiger partial charge in [0.1, 0.15) is 12.4 Å². The molecule has 0 spiro atoms. The first-order chi connectivity index (χ1) is 30.3. The summed E-state index contributed by atoms with van der Waals surface area (Å²) in [6.07, 6.45) is 13.3. The fraction of sp³-hybridized carbons (Fsp3) is 0.648. The van der Waals surface area contributed by atoms with Gasteiger partial charge in [0.15, 0.2) is 5.78 Å². The molecular weight excluding hydrogens is 840 g/mol. The summed E-state index contributed by atoms with van der Waals surface area (Å²) in [4.78, 5) is 33.8. The molecule has 4 fully saturated rings. The average molecular weight is 924 g/mol. The molecule has 9 atom stereocenters. The number of aryl methyl sites for hydroxylation is 1. The van der Waals surface area contributed by atoms with E-state index in [1.807, 2.05) is 65.8 Å². The minimum absolute atomic E-state index is 0.139. The number of carboxylic acids is 1. The Kier molecular flexibility index (Phi) is 21.1. The van der Waals surface area contributed by atoms with Crippen LogP contribution in [0.5, 0.6) is 0 Å². The van der Waals surface area contributed by atoms with Crippen LogP contribution in [0.4, 0.5) is 0 Å². The van der Waals surface area contributed by atoms with Crippen LogP contribution in [-0.4, -0.2) is 62.9 Å². The molecule has 0 radical (unpaired) electrons. The van der Waals surface area contributed by atoms with Crippen LogP contribution in [-0.2, 0) is 14.4 Å². The monoisotopic (exact) mass is 923 g/mol. The number of ketones is 1. The van der Waals surface area contributed by atoms with E-state index in [1.165, 1.54) is 43.8 Å². The molecule has 0 saturated heterocycles. The second kappa shape index (κ2) is 23.8. The van der Waals surface area contributed by atoms with Gasteiger partial charge >= 0.3 is 5.97 Å². The Balaban J connectivity index is 0.000000503. The van der Waals surface area contributed by atoms with Gasteiger partial charge < -0.3 is 29.6 Å². The fourth-order valence-corrected chi connectivity index (χ4v) is 12.0. The lowest BCUT2D eigenvalue weighted by molar-refractivity contribution is -0.141. The van der Waals surface area contributed by atoms with Crippen molar-refractivity contribution < 1.29 is 39.2 Å². The summed E-state index contributed by atoms with van der Waals surface area (Å²) < 4.78 is 6.16. The zero-order valence-electron chi connectivity index (χ0n) is 42.0. The highest BCUT2D eigenvalue weighted by molar-refractivity contribution is 6.30. The first-order valence-electron chi connectivity index (χ1n) is 23.3. The molecule has 11 heteroatoms. The minimum atomic E-state index is -0.972. The van der Waals surface area contributed by atoms with Crippen molar-refractivity contribution in [1.82, 2.24) is 10.2 Å². The predicted octanol–water partition coefficient (Wildman–Crippen LogP) is 12.3. The molecule has 65 heavy (non-hydrogen) atoms. The number of halogens is 1. The minimum Gasteiger partial charge on any atom is -0.481 e. The number of nitrogens with zero attached hydrogens (tertiary/aromatic N) is 2. The highest BCUT2D eigenvalue weighted by Crippen LogP contribution is 2.73. The maximum Gasteiger partial charge on any atom is 0.304 e. The van der Waals surface area contributed by atoms with Gasteiger partial charge in [-0.05, 0) is 128 Å². The molecule has 1 heterocycles. The van der Waals surface area contributed by atoms with Crippen molar-refractivity contribution >= 4 is 29.6 Å². The number of aliphatic hydroxyl groups excluding tert-OH is 3. The highest BCUT2D eigenvalue weighted by atomic mass is 35.5. The van der Waals surface area contributed by atoms with Crippen molar-refractivity contribution in [2.75, 3.05) is 14.2 Å². The molecular formula is C54H83ClN2O8. The number of aldehydes is 1. The topological polar surface area (TPSA) is 171 Å². The molecule has 5 aliphatic carbocycles. The molecule has 0 aliphatic heterocycles. The number of carbonyl (C=O) groups is 3. The number of fused-ring (bicyclic) bond motifs is 7. The van der Waals surface area contributed by atoms with Crippen molar-refractivity contribution in [2.24, 2.45) is 62.6 Å². The average Bonchev–Trinajstić information content (AvgIpc) is 3.96. The zero-order chi connectivity index (χ0) is 49.9. The molecule has 364 valence electrons. The second-order valence-electron chi connectivity index (χ2n) is 21.4. The van der Waals surface area contributed by atoms with Gasteiger partial charge in [0.25, 0.3) is 0 Å². The van der Waals surface area contributed by atoms with Gasteiger partial charge in [0, 0.05) is 42.1 Å². The Labute approximate surface area is 396 Å². The van der Waals surface area contributed by atoms with Crippen LogP contribution in [0, 0.1) is 69.5 Å². The SMILES string of the molecule is C=CC(=C)Cl.C=CC(C)(C)CC(=O)O.CC(C)(C)C=O.CO.CO.Cc1ccc(-c2nnc(C(O)C34CCC5C(CCC6C7(C)CCC(C)C7CCC56C)C3=C(C(C)C)C(=O)C4)o2)cc1. The van der Waals surface area contributed by atoms with E-state index in [4.69, 9.17) is 31.3 Å². The van der Waals surface area contributed by atoms with E-state index in [-0.39, 0.29) is 34.8 Å². The van der Waals surface area contributed by atoms with Crippen LogP contribution < -0.4 is 0 Å². The predicted molar refractivity (Wildman–Crippen MR) is 263 cm³/mol. The summed E-state index contributed by atoms with van der Waals surface area (Å²) in [5.41, 5.74) is 3.96. The fourth-order valence-electron chi connectivity index (χ4n) is 12.0. The van der Waals surface area contributed by atoms with E-state index < -0.39 is 17.5 Å². The van der Waals surface area contributed by atoms with Crippen LogP contribution in [0.1, 0.15) is 151 Å². The van der Waals surface area contributed by atoms with Crippen molar-refractivity contribution in [3.8, 4) is 11.5 Å². The largest absolute Gasteiger partial charge is 0.481 e. The maximum absolute atomic E-state index is 13.8. The van der Waals surface area contributed by atoms with Crippen molar-refractivity contribution in [3.63, 3.8) is 0 Å². The zero-order valence-corrected chi connectivity index (χ0v) is 42.7. The van der Waals surface area contributed by atoms with Crippen LogP contribution in [0.3, 0.4) is 0 Å².